The normalized spacial score (nSPS) is 24.5. The van der Waals surface area contributed by atoms with Crippen molar-refractivity contribution < 1.29 is 14.3 Å². The van der Waals surface area contributed by atoms with Gasteiger partial charge in [-0.2, -0.15) is 10.2 Å². The number of aromatic nitrogens is 4. The summed E-state index contributed by atoms with van der Waals surface area (Å²) in [6, 6.07) is 2.73. The highest BCUT2D eigenvalue weighted by atomic mass is 35.5. The summed E-state index contributed by atoms with van der Waals surface area (Å²) in [6.07, 6.45) is 5.91. The number of nitrogens with zero attached hydrogens (tertiary/aromatic N) is 6. The van der Waals surface area contributed by atoms with E-state index in [1.165, 1.54) is 6.08 Å². The number of fused-ring (bicyclic) bond motifs is 1. The average Bonchev–Trinajstić information content (AvgIpc) is 3.68. The van der Waals surface area contributed by atoms with Crippen LogP contribution < -0.4 is 4.90 Å². The Balaban J connectivity index is 1.35. The second-order valence-corrected chi connectivity index (χ2v) is 12.4. The van der Waals surface area contributed by atoms with Crippen LogP contribution in [0.2, 0.25) is 5.02 Å². The van der Waals surface area contributed by atoms with Crippen LogP contribution in [0.5, 0.6) is 0 Å². The Morgan fingerprint density at radius 1 is 1.15 bits per heavy atom. The monoisotopic (exact) mass is 579 g/mol. The number of halogens is 1. The second-order valence-electron chi connectivity index (χ2n) is 12.0. The highest BCUT2D eigenvalue weighted by Crippen LogP contribution is 2.47. The van der Waals surface area contributed by atoms with Crippen LogP contribution in [0.25, 0.3) is 22.0 Å². The van der Waals surface area contributed by atoms with Gasteiger partial charge in [0.1, 0.15) is 0 Å². The topological polar surface area (TPSA) is 91.8 Å². The van der Waals surface area contributed by atoms with Gasteiger partial charge in [0, 0.05) is 61.5 Å². The number of aryl methyl sites for hydroxylation is 1. The minimum absolute atomic E-state index is 0.00573. The lowest BCUT2D eigenvalue weighted by molar-refractivity contribution is -0.127. The van der Waals surface area contributed by atoms with Crippen molar-refractivity contribution in [2.75, 3.05) is 64.1 Å². The van der Waals surface area contributed by atoms with Crippen molar-refractivity contribution in [1.82, 2.24) is 29.8 Å². The summed E-state index contributed by atoms with van der Waals surface area (Å²) in [6.45, 7) is 15.0. The van der Waals surface area contributed by atoms with E-state index in [0.717, 1.165) is 103 Å². The van der Waals surface area contributed by atoms with Crippen molar-refractivity contribution in [3.8, 4) is 11.1 Å². The Morgan fingerprint density at radius 3 is 2.63 bits per heavy atom. The lowest BCUT2D eigenvalue weighted by Gasteiger charge is -2.52. The fourth-order valence-corrected chi connectivity index (χ4v) is 7.51. The Bertz CT molecular complexity index is 1480. The molecule has 7 rings (SSSR count). The minimum Gasteiger partial charge on any atom is -0.379 e. The van der Waals surface area contributed by atoms with Crippen molar-refractivity contribution in [1.29, 1.82) is 0 Å². The molecule has 1 amide bonds. The molecule has 0 aliphatic carbocycles. The van der Waals surface area contributed by atoms with E-state index in [0.29, 0.717) is 25.7 Å². The van der Waals surface area contributed by atoms with Crippen molar-refractivity contribution >= 4 is 34.2 Å². The van der Waals surface area contributed by atoms with E-state index in [4.69, 9.17) is 26.2 Å². The third-order valence-corrected chi connectivity index (χ3v) is 10.2. The van der Waals surface area contributed by atoms with E-state index < -0.39 is 0 Å². The van der Waals surface area contributed by atoms with Gasteiger partial charge >= 0.3 is 0 Å². The van der Waals surface area contributed by atoms with Crippen LogP contribution in [0, 0.1) is 13.8 Å². The number of likely N-dealkylation sites (tertiary alicyclic amines) is 1. The Labute approximate surface area is 245 Å². The van der Waals surface area contributed by atoms with E-state index in [9.17, 15) is 4.79 Å². The first-order valence-electron chi connectivity index (χ1n) is 14.7. The maximum Gasteiger partial charge on any atom is 0.245 e. The molecular formula is C30H38ClN7O3. The maximum atomic E-state index is 12.3. The molecule has 2 aromatic heterocycles. The first kappa shape index (κ1) is 26.9. The zero-order valence-corrected chi connectivity index (χ0v) is 24.6. The van der Waals surface area contributed by atoms with Crippen molar-refractivity contribution in [2.24, 2.45) is 0 Å². The molecule has 1 atom stereocenters. The van der Waals surface area contributed by atoms with E-state index in [1.54, 1.807) is 0 Å². The molecular weight excluding hydrogens is 542 g/mol. The Hall–Kier alpha value is -2.92. The zero-order valence-electron chi connectivity index (χ0n) is 23.9. The molecule has 4 fully saturated rings. The number of carbonyl (C=O) groups excluding carboxylic acids is 1. The smallest absolute Gasteiger partial charge is 0.245 e. The average molecular weight is 580 g/mol. The molecule has 218 valence electrons. The largest absolute Gasteiger partial charge is 0.379 e. The number of piperidine rings is 1. The molecule has 11 heteroatoms. The van der Waals surface area contributed by atoms with Crippen molar-refractivity contribution in [2.45, 2.75) is 50.7 Å². The summed E-state index contributed by atoms with van der Waals surface area (Å²) in [5.41, 5.74) is 4.94. The molecule has 6 heterocycles. The Morgan fingerprint density at radius 2 is 1.95 bits per heavy atom. The first-order chi connectivity index (χ1) is 19.9. The van der Waals surface area contributed by atoms with Gasteiger partial charge in [-0.1, -0.05) is 18.2 Å². The van der Waals surface area contributed by atoms with Crippen molar-refractivity contribution in [3.05, 3.63) is 41.2 Å². The number of H-pyrrole nitrogens is 1. The molecule has 0 radical (unpaired) electrons. The molecule has 4 aliphatic rings. The van der Waals surface area contributed by atoms with Gasteiger partial charge in [0.05, 0.1) is 54.2 Å². The van der Waals surface area contributed by atoms with Crippen LogP contribution in [0.3, 0.4) is 0 Å². The lowest BCUT2D eigenvalue weighted by atomic mass is 9.90. The third kappa shape index (κ3) is 4.38. The van der Waals surface area contributed by atoms with Crippen LogP contribution in [0.15, 0.2) is 24.9 Å². The molecule has 0 bridgehead atoms. The fraction of sp³-hybridized carbons (Fsp3) is 0.567. The molecule has 3 aromatic rings. The van der Waals surface area contributed by atoms with Crippen LogP contribution in [-0.4, -0.2) is 106 Å². The summed E-state index contributed by atoms with van der Waals surface area (Å²) in [7, 11) is 0. The molecule has 0 saturated carbocycles. The third-order valence-electron chi connectivity index (χ3n) is 9.70. The summed E-state index contributed by atoms with van der Waals surface area (Å²) in [4.78, 5) is 19.3. The number of piperazine rings is 1. The number of nitrogens with one attached hydrogen (secondary N) is 1. The fourth-order valence-electron chi connectivity index (χ4n) is 7.26. The summed E-state index contributed by atoms with van der Waals surface area (Å²) in [5, 5.41) is 14.7. The van der Waals surface area contributed by atoms with Gasteiger partial charge in [-0.05, 0) is 50.8 Å². The number of amides is 1. The number of ether oxygens (including phenoxy) is 2. The number of carbonyl (C=O) groups is 1. The highest BCUT2D eigenvalue weighted by molar-refractivity contribution is 6.36. The minimum atomic E-state index is -0.167. The van der Waals surface area contributed by atoms with Crippen LogP contribution in [-0.2, 0) is 14.3 Å². The standard InChI is InChI=1S/C30H38ClN7O3/c1-4-25(39)35-8-5-21(6-9-35)38-20(3)26(27-23-14-32-33-24(23)13-19(2)28(27)31)29(34-38)37-11-10-36(22-15-41-16-22)17-30(37)7-12-40-18-30/h4,13-14,21-22H,1,5-12,15-18H2,2-3H3,(H,32,33). The molecule has 10 nitrogen and oxygen atoms in total. The molecule has 1 aromatic carbocycles. The number of hydrogen-bond acceptors (Lipinski definition) is 7. The molecule has 4 aliphatic heterocycles. The summed E-state index contributed by atoms with van der Waals surface area (Å²) in [5.74, 6) is 0.964. The number of anilines is 1. The van der Waals surface area contributed by atoms with Crippen LogP contribution in [0.4, 0.5) is 5.82 Å². The van der Waals surface area contributed by atoms with Gasteiger partial charge in [0.2, 0.25) is 5.91 Å². The summed E-state index contributed by atoms with van der Waals surface area (Å²) < 4.78 is 13.8. The lowest BCUT2D eigenvalue weighted by Crippen LogP contribution is -2.67. The predicted octanol–water partition coefficient (Wildman–Crippen LogP) is 3.73. The number of benzene rings is 1. The van der Waals surface area contributed by atoms with E-state index >= 15 is 0 Å². The predicted molar refractivity (Wildman–Crippen MR) is 159 cm³/mol. The Kier molecular flexibility index (Phi) is 6.84. The van der Waals surface area contributed by atoms with Gasteiger partial charge in [-0.15, -0.1) is 0 Å². The molecule has 1 N–H and O–H groups in total. The highest BCUT2D eigenvalue weighted by Gasteiger charge is 2.49. The van der Waals surface area contributed by atoms with Gasteiger partial charge in [-0.25, -0.2) is 0 Å². The van der Waals surface area contributed by atoms with Crippen LogP contribution >= 0.6 is 11.6 Å². The zero-order chi connectivity index (χ0) is 28.3. The van der Waals surface area contributed by atoms with Crippen LogP contribution in [0.1, 0.15) is 36.6 Å². The molecule has 41 heavy (non-hydrogen) atoms. The number of hydrogen-bond donors (Lipinski definition) is 1. The number of rotatable bonds is 5. The molecule has 4 saturated heterocycles. The number of aromatic amines is 1. The SMILES string of the molecule is C=CC(=O)N1CCC(n2nc(N3CCN(C4COC4)CC34CCOC4)c(-c3c(Cl)c(C)cc4[nH]ncc34)c2C)CC1. The van der Waals surface area contributed by atoms with Gasteiger partial charge < -0.3 is 19.3 Å². The quantitative estimate of drug-likeness (QED) is 0.461. The van der Waals surface area contributed by atoms with Crippen molar-refractivity contribution in [3.63, 3.8) is 0 Å². The summed E-state index contributed by atoms with van der Waals surface area (Å²) >= 11 is 7.16. The maximum absolute atomic E-state index is 12.3. The molecule has 1 unspecified atom stereocenters. The van der Waals surface area contributed by atoms with E-state index in [2.05, 4.69) is 44.2 Å². The van der Waals surface area contributed by atoms with E-state index in [1.807, 2.05) is 18.0 Å². The second kappa shape index (κ2) is 10.4. The van der Waals surface area contributed by atoms with Gasteiger partial charge in [-0.3, -0.25) is 19.5 Å². The first-order valence-corrected chi connectivity index (χ1v) is 15.1. The molecule has 1 spiro atoms. The van der Waals surface area contributed by atoms with E-state index in [-0.39, 0.29) is 17.5 Å². The van der Waals surface area contributed by atoms with Gasteiger partial charge in [0.25, 0.3) is 0 Å². The van der Waals surface area contributed by atoms with Gasteiger partial charge in [0.15, 0.2) is 5.82 Å².